The summed E-state index contributed by atoms with van der Waals surface area (Å²) < 4.78 is 5.94. The van der Waals surface area contributed by atoms with Gasteiger partial charge in [0.05, 0.1) is 12.6 Å². The molecule has 0 unspecified atom stereocenters. The second kappa shape index (κ2) is 6.13. The van der Waals surface area contributed by atoms with Gasteiger partial charge in [0.25, 0.3) is 0 Å². The van der Waals surface area contributed by atoms with Crippen LogP contribution in [-0.4, -0.2) is 35.1 Å². The Kier molecular flexibility index (Phi) is 4.23. The topological polar surface area (TPSA) is 54.5 Å². The molecule has 0 spiro atoms. The summed E-state index contributed by atoms with van der Waals surface area (Å²) in [7, 11) is 0. The summed E-state index contributed by atoms with van der Waals surface area (Å²) in [6.07, 6.45) is 1.73. The van der Waals surface area contributed by atoms with Crippen LogP contribution >= 0.6 is 22.7 Å². The van der Waals surface area contributed by atoms with E-state index in [0.717, 1.165) is 10.4 Å². The summed E-state index contributed by atoms with van der Waals surface area (Å²) in [5.74, 6) is 0. The van der Waals surface area contributed by atoms with Gasteiger partial charge in [0.15, 0.2) is 5.13 Å². The van der Waals surface area contributed by atoms with Crippen LogP contribution in [-0.2, 0) is 4.74 Å². The summed E-state index contributed by atoms with van der Waals surface area (Å²) in [6, 6.07) is 1.94. The molecule has 2 aromatic rings. The van der Waals surface area contributed by atoms with E-state index in [1.165, 1.54) is 11.3 Å². The highest BCUT2D eigenvalue weighted by Gasteiger charge is 2.29. The van der Waals surface area contributed by atoms with Gasteiger partial charge in [-0.3, -0.25) is 5.32 Å². The Morgan fingerprint density at radius 1 is 1.52 bits per heavy atom. The van der Waals surface area contributed by atoms with Gasteiger partial charge in [-0.15, -0.1) is 11.3 Å². The maximum Gasteiger partial charge on any atom is 0.323 e. The molecular formula is C14H17N3O2S2. The van der Waals surface area contributed by atoms with E-state index in [2.05, 4.69) is 15.7 Å². The molecule has 112 valence electrons. The molecule has 7 heteroatoms. The molecule has 1 aliphatic heterocycles. The molecule has 21 heavy (non-hydrogen) atoms. The Bertz CT molecular complexity index is 612. The monoisotopic (exact) mass is 323 g/mol. The molecule has 0 bridgehead atoms. The van der Waals surface area contributed by atoms with Crippen LogP contribution in [0.2, 0.25) is 0 Å². The van der Waals surface area contributed by atoms with Crippen molar-refractivity contribution in [2.24, 2.45) is 0 Å². The number of nitrogens with zero attached hydrogens (tertiary/aromatic N) is 2. The van der Waals surface area contributed by atoms with Gasteiger partial charge in [-0.05, 0) is 36.2 Å². The van der Waals surface area contributed by atoms with Crippen molar-refractivity contribution >= 4 is 33.8 Å². The van der Waals surface area contributed by atoms with Crippen LogP contribution < -0.4 is 5.32 Å². The Morgan fingerprint density at radius 3 is 3.05 bits per heavy atom. The number of carbonyl (C=O) groups is 1. The number of ether oxygens (including phenoxy) is 1. The Morgan fingerprint density at radius 2 is 2.38 bits per heavy atom. The summed E-state index contributed by atoms with van der Waals surface area (Å²) in [5, 5.41) is 7.60. The second-order valence-electron chi connectivity index (χ2n) is 5.10. The van der Waals surface area contributed by atoms with E-state index in [-0.39, 0.29) is 18.2 Å². The summed E-state index contributed by atoms with van der Waals surface area (Å²) >= 11 is 3.12. The Labute approximate surface area is 131 Å². The summed E-state index contributed by atoms with van der Waals surface area (Å²) in [4.78, 5) is 19.4. The van der Waals surface area contributed by atoms with Crippen molar-refractivity contribution in [2.75, 3.05) is 18.4 Å². The Balaban J connectivity index is 1.67. The molecule has 2 aromatic heterocycles. The Hall–Kier alpha value is -1.44. The number of morpholine rings is 1. The number of rotatable bonds is 2. The minimum atomic E-state index is -0.111. The average molecular weight is 323 g/mol. The van der Waals surface area contributed by atoms with E-state index in [1.807, 2.05) is 25.3 Å². The second-order valence-corrected chi connectivity index (χ2v) is 7.12. The minimum absolute atomic E-state index is 0.0208. The number of carbonyl (C=O) groups excluding carboxylic acids is 1. The predicted octanol–water partition coefficient (Wildman–Crippen LogP) is 3.51. The van der Waals surface area contributed by atoms with Crippen molar-refractivity contribution in [3.8, 4) is 0 Å². The van der Waals surface area contributed by atoms with E-state index in [1.54, 1.807) is 22.4 Å². The highest BCUT2D eigenvalue weighted by Crippen LogP contribution is 2.27. The van der Waals surface area contributed by atoms with Gasteiger partial charge in [0.2, 0.25) is 0 Å². The highest BCUT2D eigenvalue weighted by atomic mass is 32.1. The molecule has 2 amide bonds. The predicted molar refractivity (Wildman–Crippen MR) is 85.0 cm³/mol. The lowest BCUT2D eigenvalue weighted by molar-refractivity contribution is -0.0640. The van der Waals surface area contributed by atoms with E-state index in [0.29, 0.717) is 18.2 Å². The number of hydrogen-bond donors (Lipinski definition) is 1. The molecule has 2 atom stereocenters. The smallest absolute Gasteiger partial charge is 0.323 e. The average Bonchev–Trinajstić information content (AvgIpc) is 3.10. The lowest BCUT2D eigenvalue weighted by atomic mass is 10.1. The minimum Gasteiger partial charge on any atom is -0.367 e. The van der Waals surface area contributed by atoms with Crippen LogP contribution in [0.5, 0.6) is 0 Å². The van der Waals surface area contributed by atoms with Crippen LogP contribution in [0.15, 0.2) is 23.0 Å². The van der Waals surface area contributed by atoms with Gasteiger partial charge < -0.3 is 9.64 Å². The molecule has 3 heterocycles. The fourth-order valence-corrected chi connectivity index (χ4v) is 3.70. The number of nitrogens with one attached hydrogen (secondary N) is 1. The first-order valence-electron chi connectivity index (χ1n) is 6.77. The lowest BCUT2D eigenvalue weighted by Crippen LogP contribution is -2.47. The third kappa shape index (κ3) is 3.42. The molecule has 1 saturated heterocycles. The fraction of sp³-hybridized carbons (Fsp3) is 0.429. The molecular weight excluding hydrogens is 306 g/mol. The van der Waals surface area contributed by atoms with Gasteiger partial charge >= 0.3 is 6.03 Å². The standard InChI is InChI=1S/C14H17N3O2S2/c1-9-6-17(7-12(19-9)11-3-4-20-8-11)14(18)16-13-15-5-10(2)21-13/h3-5,8-9,12H,6-7H2,1-2H3,(H,15,16,18)/t9-,12+/m0/s1. The van der Waals surface area contributed by atoms with E-state index in [9.17, 15) is 4.79 Å². The third-order valence-corrected chi connectivity index (χ3v) is 4.83. The summed E-state index contributed by atoms with van der Waals surface area (Å²) in [5.41, 5.74) is 1.13. The molecule has 0 saturated carbocycles. The highest BCUT2D eigenvalue weighted by molar-refractivity contribution is 7.15. The van der Waals surface area contributed by atoms with Gasteiger partial charge in [-0.1, -0.05) is 0 Å². The number of urea groups is 1. The van der Waals surface area contributed by atoms with Gasteiger partial charge in [0, 0.05) is 17.6 Å². The van der Waals surface area contributed by atoms with E-state index >= 15 is 0 Å². The molecule has 1 N–H and O–H groups in total. The van der Waals surface area contributed by atoms with Gasteiger partial charge in [0.1, 0.15) is 6.10 Å². The number of amides is 2. The van der Waals surface area contributed by atoms with Crippen molar-refractivity contribution in [3.63, 3.8) is 0 Å². The van der Waals surface area contributed by atoms with Crippen molar-refractivity contribution in [2.45, 2.75) is 26.1 Å². The first kappa shape index (κ1) is 14.5. The lowest BCUT2D eigenvalue weighted by Gasteiger charge is -2.36. The van der Waals surface area contributed by atoms with Gasteiger partial charge in [-0.25, -0.2) is 9.78 Å². The molecule has 0 radical (unpaired) electrons. The number of thiophene rings is 1. The molecule has 3 rings (SSSR count). The number of anilines is 1. The molecule has 0 aliphatic carbocycles. The molecule has 0 aromatic carbocycles. The van der Waals surface area contributed by atoms with Crippen LogP contribution in [0.4, 0.5) is 9.93 Å². The largest absolute Gasteiger partial charge is 0.367 e. The SMILES string of the molecule is Cc1cnc(NC(=O)N2C[C@H](C)O[C@@H](c3ccsc3)C2)s1. The number of hydrogen-bond acceptors (Lipinski definition) is 5. The van der Waals surface area contributed by atoms with Crippen molar-refractivity contribution in [1.82, 2.24) is 9.88 Å². The van der Waals surface area contributed by atoms with E-state index < -0.39 is 0 Å². The maximum absolute atomic E-state index is 12.4. The first-order valence-corrected chi connectivity index (χ1v) is 8.53. The van der Waals surface area contributed by atoms with E-state index in [4.69, 9.17) is 4.74 Å². The van der Waals surface area contributed by atoms with Crippen LogP contribution in [0.3, 0.4) is 0 Å². The normalized spacial score (nSPS) is 22.3. The number of aromatic nitrogens is 1. The zero-order valence-corrected chi connectivity index (χ0v) is 13.5. The zero-order valence-electron chi connectivity index (χ0n) is 11.9. The van der Waals surface area contributed by atoms with Crippen LogP contribution in [0.1, 0.15) is 23.5 Å². The third-order valence-electron chi connectivity index (χ3n) is 3.30. The van der Waals surface area contributed by atoms with Crippen molar-refractivity contribution in [3.05, 3.63) is 33.5 Å². The van der Waals surface area contributed by atoms with Gasteiger partial charge in [-0.2, -0.15) is 11.3 Å². The zero-order chi connectivity index (χ0) is 14.8. The summed E-state index contributed by atoms with van der Waals surface area (Å²) in [6.45, 7) is 5.12. The quantitative estimate of drug-likeness (QED) is 0.920. The molecule has 1 fully saturated rings. The maximum atomic E-state index is 12.4. The molecule has 5 nitrogen and oxygen atoms in total. The number of aryl methyl sites for hydroxylation is 1. The molecule has 1 aliphatic rings. The van der Waals surface area contributed by atoms with Crippen LogP contribution in [0, 0.1) is 6.92 Å². The fourth-order valence-electron chi connectivity index (χ4n) is 2.34. The van der Waals surface area contributed by atoms with Crippen molar-refractivity contribution in [1.29, 1.82) is 0 Å². The number of thiazole rings is 1. The first-order chi connectivity index (χ1) is 10.1. The van der Waals surface area contributed by atoms with Crippen LogP contribution in [0.25, 0.3) is 0 Å². The van der Waals surface area contributed by atoms with Crippen molar-refractivity contribution < 1.29 is 9.53 Å².